The normalized spacial score (nSPS) is 14.3. The molecule has 25 heavy (non-hydrogen) atoms. The van der Waals surface area contributed by atoms with Gasteiger partial charge in [-0.3, -0.25) is 9.10 Å². The molecule has 0 fully saturated rings. The first-order chi connectivity index (χ1) is 11.7. The SMILES string of the molecule is NC(=O)c1cccc2c1CCCN2S(=O)(=O)c1ccc(F)c(F)c1F. The van der Waals surface area contributed by atoms with Crippen LogP contribution in [-0.2, 0) is 16.4 Å². The van der Waals surface area contributed by atoms with Crippen molar-refractivity contribution in [3.05, 3.63) is 58.9 Å². The van der Waals surface area contributed by atoms with Crippen LogP contribution in [0.5, 0.6) is 0 Å². The molecule has 1 amide bonds. The highest BCUT2D eigenvalue weighted by molar-refractivity contribution is 7.92. The molecule has 0 bridgehead atoms. The van der Waals surface area contributed by atoms with Crippen molar-refractivity contribution in [1.29, 1.82) is 0 Å². The van der Waals surface area contributed by atoms with Crippen molar-refractivity contribution in [2.45, 2.75) is 17.7 Å². The van der Waals surface area contributed by atoms with Crippen LogP contribution in [0.4, 0.5) is 18.9 Å². The molecule has 3 rings (SSSR count). The molecule has 2 aromatic rings. The Balaban J connectivity index is 2.18. The highest BCUT2D eigenvalue weighted by Gasteiger charge is 2.34. The van der Waals surface area contributed by atoms with E-state index in [9.17, 15) is 26.4 Å². The fourth-order valence-electron chi connectivity index (χ4n) is 2.90. The molecule has 1 heterocycles. The molecule has 0 aliphatic carbocycles. The summed E-state index contributed by atoms with van der Waals surface area (Å²) in [7, 11) is -4.49. The van der Waals surface area contributed by atoms with Gasteiger partial charge in [-0.05, 0) is 42.7 Å². The van der Waals surface area contributed by atoms with Crippen LogP contribution in [0.25, 0.3) is 0 Å². The molecule has 2 N–H and O–H groups in total. The van der Waals surface area contributed by atoms with E-state index >= 15 is 0 Å². The lowest BCUT2D eigenvalue weighted by Crippen LogP contribution is -2.37. The summed E-state index contributed by atoms with van der Waals surface area (Å²) < 4.78 is 67.0. The second-order valence-corrected chi connectivity index (χ2v) is 7.35. The average Bonchev–Trinajstić information content (AvgIpc) is 2.58. The second kappa shape index (κ2) is 6.07. The van der Waals surface area contributed by atoms with E-state index in [1.54, 1.807) is 0 Å². The van der Waals surface area contributed by atoms with Gasteiger partial charge in [-0.2, -0.15) is 0 Å². The van der Waals surface area contributed by atoms with Crippen LogP contribution < -0.4 is 10.0 Å². The number of nitrogens with two attached hydrogens (primary N) is 1. The molecule has 0 saturated heterocycles. The van der Waals surface area contributed by atoms with Crippen LogP contribution >= 0.6 is 0 Å². The summed E-state index contributed by atoms with van der Waals surface area (Å²) in [5.74, 6) is -5.83. The van der Waals surface area contributed by atoms with Gasteiger partial charge in [0.2, 0.25) is 5.91 Å². The van der Waals surface area contributed by atoms with E-state index in [4.69, 9.17) is 5.73 Å². The zero-order valence-corrected chi connectivity index (χ0v) is 13.6. The maximum Gasteiger partial charge on any atom is 0.267 e. The first-order valence-corrected chi connectivity index (χ1v) is 8.77. The summed E-state index contributed by atoms with van der Waals surface area (Å²) in [6.45, 7) is 0.00990. The Morgan fingerprint density at radius 3 is 2.48 bits per heavy atom. The van der Waals surface area contributed by atoms with Gasteiger partial charge in [-0.1, -0.05) is 6.07 Å². The number of sulfonamides is 1. The highest BCUT2D eigenvalue weighted by Crippen LogP contribution is 2.35. The summed E-state index contributed by atoms with van der Waals surface area (Å²) in [6, 6.07) is 5.60. The number of amides is 1. The summed E-state index contributed by atoms with van der Waals surface area (Å²) >= 11 is 0. The Morgan fingerprint density at radius 1 is 1.08 bits per heavy atom. The number of halogens is 3. The summed E-state index contributed by atoms with van der Waals surface area (Å²) in [4.78, 5) is 10.6. The summed E-state index contributed by atoms with van der Waals surface area (Å²) in [6.07, 6.45) is 0.780. The smallest absolute Gasteiger partial charge is 0.267 e. The third-order valence-corrected chi connectivity index (χ3v) is 5.87. The maximum absolute atomic E-state index is 14.0. The number of nitrogens with zero attached hydrogens (tertiary/aromatic N) is 1. The van der Waals surface area contributed by atoms with Crippen LogP contribution in [0.3, 0.4) is 0 Å². The number of hydrogen-bond donors (Lipinski definition) is 1. The number of carbonyl (C=O) groups is 1. The number of benzene rings is 2. The van der Waals surface area contributed by atoms with E-state index in [1.807, 2.05) is 0 Å². The standard InChI is InChI=1S/C16H13F3N2O3S/c17-11-6-7-13(15(19)14(11)18)25(23,24)21-8-2-4-9-10(16(20)22)3-1-5-12(9)21/h1,3,5-7H,2,4,8H2,(H2,20,22). The van der Waals surface area contributed by atoms with Gasteiger partial charge in [0, 0.05) is 12.1 Å². The quantitative estimate of drug-likeness (QED) is 0.842. The Kier molecular flexibility index (Phi) is 4.19. The molecule has 2 aromatic carbocycles. The van der Waals surface area contributed by atoms with Gasteiger partial charge in [-0.25, -0.2) is 21.6 Å². The molecule has 132 valence electrons. The molecule has 0 atom stereocenters. The van der Waals surface area contributed by atoms with E-state index < -0.39 is 38.3 Å². The molecular weight excluding hydrogens is 357 g/mol. The van der Waals surface area contributed by atoms with Gasteiger partial charge in [0.05, 0.1) is 5.69 Å². The van der Waals surface area contributed by atoms with Gasteiger partial charge in [-0.15, -0.1) is 0 Å². The first kappa shape index (κ1) is 17.3. The Bertz CT molecular complexity index is 977. The number of carbonyl (C=O) groups excluding carboxylic acids is 1. The third kappa shape index (κ3) is 2.74. The van der Waals surface area contributed by atoms with E-state index in [0.29, 0.717) is 30.5 Å². The molecule has 0 spiro atoms. The van der Waals surface area contributed by atoms with Gasteiger partial charge in [0.25, 0.3) is 10.0 Å². The zero-order chi connectivity index (χ0) is 18.4. The van der Waals surface area contributed by atoms with Crippen molar-refractivity contribution in [2.75, 3.05) is 10.8 Å². The Labute approximate surface area is 141 Å². The predicted molar refractivity (Wildman–Crippen MR) is 84.1 cm³/mol. The lowest BCUT2D eigenvalue weighted by atomic mass is 9.97. The molecule has 0 unspecified atom stereocenters. The van der Waals surface area contributed by atoms with Crippen LogP contribution in [-0.4, -0.2) is 20.9 Å². The molecular formula is C16H13F3N2O3S. The van der Waals surface area contributed by atoms with E-state index in [2.05, 4.69) is 0 Å². The monoisotopic (exact) mass is 370 g/mol. The topological polar surface area (TPSA) is 80.5 Å². The van der Waals surface area contributed by atoms with Crippen LogP contribution in [0.1, 0.15) is 22.3 Å². The highest BCUT2D eigenvalue weighted by atomic mass is 32.2. The molecule has 0 saturated carbocycles. The largest absolute Gasteiger partial charge is 0.366 e. The Morgan fingerprint density at radius 2 is 1.80 bits per heavy atom. The fraction of sp³-hybridized carbons (Fsp3) is 0.188. The summed E-state index contributed by atoms with van der Waals surface area (Å²) in [5, 5.41) is 0. The molecule has 0 radical (unpaired) electrons. The maximum atomic E-state index is 14.0. The van der Waals surface area contributed by atoms with E-state index in [-0.39, 0.29) is 17.8 Å². The van der Waals surface area contributed by atoms with Crippen molar-refractivity contribution in [2.24, 2.45) is 5.73 Å². The van der Waals surface area contributed by atoms with Crippen LogP contribution in [0.15, 0.2) is 35.2 Å². The van der Waals surface area contributed by atoms with Crippen LogP contribution in [0.2, 0.25) is 0 Å². The van der Waals surface area contributed by atoms with Crippen LogP contribution in [0, 0.1) is 17.5 Å². The number of hydrogen-bond acceptors (Lipinski definition) is 3. The molecule has 9 heteroatoms. The Hall–Kier alpha value is -2.55. The minimum atomic E-state index is -4.49. The third-order valence-electron chi connectivity index (χ3n) is 4.04. The fourth-order valence-corrected chi connectivity index (χ4v) is 4.49. The lowest BCUT2D eigenvalue weighted by molar-refractivity contribution is 0.0999. The van der Waals surface area contributed by atoms with Crippen molar-refractivity contribution in [3.63, 3.8) is 0 Å². The number of fused-ring (bicyclic) bond motifs is 1. The molecule has 0 aromatic heterocycles. The van der Waals surface area contributed by atoms with Crippen molar-refractivity contribution in [1.82, 2.24) is 0 Å². The first-order valence-electron chi connectivity index (χ1n) is 7.33. The zero-order valence-electron chi connectivity index (χ0n) is 12.8. The van der Waals surface area contributed by atoms with E-state index in [0.717, 1.165) is 4.31 Å². The van der Waals surface area contributed by atoms with Crippen molar-refractivity contribution >= 4 is 21.6 Å². The number of rotatable bonds is 3. The van der Waals surface area contributed by atoms with Crippen molar-refractivity contribution < 1.29 is 26.4 Å². The second-order valence-electron chi connectivity index (χ2n) is 5.52. The van der Waals surface area contributed by atoms with Crippen molar-refractivity contribution in [3.8, 4) is 0 Å². The van der Waals surface area contributed by atoms with Gasteiger partial charge in [0.1, 0.15) is 4.90 Å². The molecule has 1 aliphatic heterocycles. The minimum absolute atomic E-state index is 0.00990. The average molecular weight is 370 g/mol. The molecule has 5 nitrogen and oxygen atoms in total. The number of anilines is 1. The van der Waals surface area contributed by atoms with Gasteiger partial charge < -0.3 is 5.73 Å². The minimum Gasteiger partial charge on any atom is -0.366 e. The number of primary amides is 1. The predicted octanol–water partition coefficient (Wildman–Crippen LogP) is 2.34. The van der Waals surface area contributed by atoms with Gasteiger partial charge in [0.15, 0.2) is 17.5 Å². The van der Waals surface area contributed by atoms with Gasteiger partial charge >= 0.3 is 0 Å². The molecule has 1 aliphatic rings. The van der Waals surface area contributed by atoms with E-state index in [1.165, 1.54) is 18.2 Å². The lowest BCUT2D eigenvalue weighted by Gasteiger charge is -2.31. The summed E-state index contributed by atoms with van der Waals surface area (Å²) in [5.41, 5.74) is 6.07.